The second-order valence-corrected chi connectivity index (χ2v) is 3.25. The molecule has 0 spiro atoms. The van der Waals surface area contributed by atoms with Crippen molar-refractivity contribution < 1.29 is 4.74 Å². The molecule has 1 aromatic heterocycles. The molecule has 1 fully saturated rings. The van der Waals surface area contributed by atoms with Gasteiger partial charge in [-0.1, -0.05) is 6.07 Å². The second-order valence-electron chi connectivity index (χ2n) is 3.25. The summed E-state index contributed by atoms with van der Waals surface area (Å²) in [4.78, 5) is 4.28. The van der Waals surface area contributed by atoms with Crippen LogP contribution < -0.4 is 5.32 Å². The Balaban J connectivity index is 0.000000980. The van der Waals surface area contributed by atoms with Crippen LogP contribution in [0, 0.1) is 0 Å². The van der Waals surface area contributed by atoms with Crippen LogP contribution in [0.4, 0.5) is 0 Å². The molecule has 2 heterocycles. The lowest BCUT2D eigenvalue weighted by atomic mass is 10.1. The van der Waals surface area contributed by atoms with Gasteiger partial charge in [0.2, 0.25) is 0 Å². The number of rotatable bonds is 2. The van der Waals surface area contributed by atoms with Crippen molar-refractivity contribution in [2.45, 2.75) is 12.5 Å². The van der Waals surface area contributed by atoms with E-state index in [9.17, 15) is 0 Å². The van der Waals surface area contributed by atoms with Crippen LogP contribution in [-0.4, -0.2) is 30.8 Å². The number of morpholine rings is 1. The van der Waals surface area contributed by atoms with Crippen molar-refractivity contribution in [3.05, 3.63) is 30.1 Å². The van der Waals surface area contributed by atoms with Crippen molar-refractivity contribution in [3.8, 4) is 0 Å². The largest absolute Gasteiger partial charge is 0.379 e. The third-order valence-electron chi connectivity index (χ3n) is 2.18. The molecule has 0 aromatic carbocycles. The van der Waals surface area contributed by atoms with Crippen LogP contribution in [0.3, 0.4) is 0 Å². The molecule has 1 aromatic rings. The smallest absolute Gasteiger partial charge is 0.0624 e. The zero-order chi connectivity index (χ0) is 8.93. The van der Waals surface area contributed by atoms with E-state index < -0.39 is 0 Å². The summed E-state index contributed by atoms with van der Waals surface area (Å²) >= 11 is 0. The maximum atomic E-state index is 5.36. The monoisotopic (exact) mass is 250 g/mol. The molecule has 0 bridgehead atoms. The molecule has 1 unspecified atom stereocenters. The summed E-state index contributed by atoms with van der Waals surface area (Å²) in [5, 5.41) is 3.40. The average Bonchev–Trinajstić information content (AvgIpc) is 2.21. The summed E-state index contributed by atoms with van der Waals surface area (Å²) in [6.45, 7) is 2.59. The standard InChI is InChI=1S/C10H14N2O.2ClH/c1-2-4-11-9(3-1)7-10-8-13-6-5-12-10;;/h1-4,10,12H,5-8H2;2*1H. The van der Waals surface area contributed by atoms with E-state index in [-0.39, 0.29) is 24.8 Å². The number of hydrogen-bond acceptors (Lipinski definition) is 3. The first-order valence-electron chi connectivity index (χ1n) is 4.66. The van der Waals surface area contributed by atoms with Crippen molar-refractivity contribution in [1.29, 1.82) is 0 Å². The molecule has 2 rings (SSSR count). The summed E-state index contributed by atoms with van der Waals surface area (Å²) in [6.07, 6.45) is 2.79. The molecule has 1 saturated heterocycles. The fourth-order valence-electron chi connectivity index (χ4n) is 1.52. The summed E-state index contributed by atoms with van der Waals surface area (Å²) < 4.78 is 5.36. The van der Waals surface area contributed by atoms with E-state index in [1.165, 1.54) is 0 Å². The minimum Gasteiger partial charge on any atom is -0.379 e. The lowest BCUT2D eigenvalue weighted by molar-refractivity contribution is 0.0767. The Hall–Kier alpha value is -0.350. The van der Waals surface area contributed by atoms with Gasteiger partial charge in [-0.05, 0) is 12.1 Å². The van der Waals surface area contributed by atoms with Crippen LogP contribution in [0.2, 0.25) is 0 Å². The van der Waals surface area contributed by atoms with Gasteiger partial charge in [0.05, 0.1) is 13.2 Å². The fraction of sp³-hybridized carbons (Fsp3) is 0.500. The molecule has 0 amide bonds. The zero-order valence-electron chi connectivity index (χ0n) is 8.39. The maximum absolute atomic E-state index is 5.36. The van der Waals surface area contributed by atoms with Crippen LogP contribution in [0.1, 0.15) is 5.69 Å². The molecular formula is C10H16Cl2N2O. The first-order valence-corrected chi connectivity index (χ1v) is 4.66. The van der Waals surface area contributed by atoms with Crippen LogP contribution in [0.5, 0.6) is 0 Å². The minimum absolute atomic E-state index is 0. The molecule has 0 aliphatic carbocycles. The lowest BCUT2D eigenvalue weighted by Crippen LogP contribution is -2.42. The van der Waals surface area contributed by atoms with E-state index in [0.29, 0.717) is 6.04 Å². The molecular weight excluding hydrogens is 235 g/mol. The van der Waals surface area contributed by atoms with Gasteiger partial charge in [-0.3, -0.25) is 4.98 Å². The highest BCUT2D eigenvalue weighted by Crippen LogP contribution is 2.02. The van der Waals surface area contributed by atoms with E-state index in [1.807, 2.05) is 18.3 Å². The average molecular weight is 251 g/mol. The van der Waals surface area contributed by atoms with Gasteiger partial charge in [-0.25, -0.2) is 0 Å². The van der Waals surface area contributed by atoms with Gasteiger partial charge in [0.15, 0.2) is 0 Å². The molecule has 0 saturated carbocycles. The number of nitrogens with one attached hydrogen (secondary N) is 1. The molecule has 15 heavy (non-hydrogen) atoms. The van der Waals surface area contributed by atoms with Crippen molar-refractivity contribution in [1.82, 2.24) is 10.3 Å². The van der Waals surface area contributed by atoms with Gasteiger partial charge < -0.3 is 10.1 Å². The second kappa shape index (κ2) is 7.88. The fourth-order valence-corrected chi connectivity index (χ4v) is 1.52. The maximum Gasteiger partial charge on any atom is 0.0624 e. The lowest BCUT2D eigenvalue weighted by Gasteiger charge is -2.23. The third-order valence-corrected chi connectivity index (χ3v) is 2.18. The molecule has 1 aliphatic heterocycles. The number of ether oxygens (including phenoxy) is 1. The van der Waals surface area contributed by atoms with Gasteiger partial charge in [0, 0.05) is 30.9 Å². The Bertz CT molecular complexity index is 253. The number of hydrogen-bond donors (Lipinski definition) is 1. The number of nitrogens with zero attached hydrogens (tertiary/aromatic N) is 1. The Labute approximate surface area is 102 Å². The molecule has 1 aliphatic rings. The van der Waals surface area contributed by atoms with Gasteiger partial charge in [-0.15, -0.1) is 24.8 Å². The normalized spacial score (nSPS) is 19.9. The Morgan fingerprint density at radius 3 is 2.87 bits per heavy atom. The Kier molecular flexibility index (Phi) is 7.70. The summed E-state index contributed by atoms with van der Waals surface area (Å²) in [6, 6.07) is 6.44. The van der Waals surface area contributed by atoms with E-state index in [0.717, 1.165) is 31.9 Å². The van der Waals surface area contributed by atoms with Crippen LogP contribution in [-0.2, 0) is 11.2 Å². The SMILES string of the molecule is Cl.Cl.c1ccc(CC2COCCN2)nc1. The number of pyridine rings is 1. The van der Waals surface area contributed by atoms with Gasteiger partial charge >= 0.3 is 0 Å². The van der Waals surface area contributed by atoms with Crippen molar-refractivity contribution in [2.24, 2.45) is 0 Å². The minimum atomic E-state index is 0. The van der Waals surface area contributed by atoms with Crippen LogP contribution >= 0.6 is 24.8 Å². The predicted octanol–water partition coefficient (Wildman–Crippen LogP) is 1.46. The highest BCUT2D eigenvalue weighted by atomic mass is 35.5. The highest BCUT2D eigenvalue weighted by Gasteiger charge is 2.13. The van der Waals surface area contributed by atoms with Gasteiger partial charge in [-0.2, -0.15) is 0 Å². The van der Waals surface area contributed by atoms with Gasteiger partial charge in [0.1, 0.15) is 0 Å². The molecule has 86 valence electrons. The number of aromatic nitrogens is 1. The van der Waals surface area contributed by atoms with Crippen LogP contribution in [0.15, 0.2) is 24.4 Å². The quantitative estimate of drug-likeness (QED) is 0.864. The van der Waals surface area contributed by atoms with E-state index in [2.05, 4.69) is 16.4 Å². The first-order chi connectivity index (χ1) is 6.45. The van der Waals surface area contributed by atoms with Crippen molar-refractivity contribution in [2.75, 3.05) is 19.8 Å². The molecule has 1 atom stereocenters. The summed E-state index contributed by atoms with van der Waals surface area (Å²) in [5.74, 6) is 0. The molecule has 5 heteroatoms. The first kappa shape index (κ1) is 14.6. The predicted molar refractivity (Wildman–Crippen MR) is 65.0 cm³/mol. The van der Waals surface area contributed by atoms with E-state index >= 15 is 0 Å². The van der Waals surface area contributed by atoms with Crippen molar-refractivity contribution >= 4 is 24.8 Å². The summed E-state index contributed by atoms with van der Waals surface area (Å²) in [7, 11) is 0. The van der Waals surface area contributed by atoms with E-state index in [1.54, 1.807) is 0 Å². The number of halogens is 2. The Morgan fingerprint density at radius 2 is 2.27 bits per heavy atom. The van der Waals surface area contributed by atoms with Crippen LogP contribution in [0.25, 0.3) is 0 Å². The van der Waals surface area contributed by atoms with Crippen molar-refractivity contribution in [3.63, 3.8) is 0 Å². The zero-order valence-corrected chi connectivity index (χ0v) is 10.0. The molecule has 3 nitrogen and oxygen atoms in total. The summed E-state index contributed by atoms with van der Waals surface area (Å²) in [5.41, 5.74) is 1.13. The topological polar surface area (TPSA) is 34.1 Å². The Morgan fingerprint density at radius 1 is 1.40 bits per heavy atom. The van der Waals surface area contributed by atoms with Gasteiger partial charge in [0.25, 0.3) is 0 Å². The van der Waals surface area contributed by atoms with E-state index in [4.69, 9.17) is 4.74 Å². The molecule has 0 radical (unpaired) electrons. The molecule has 1 N–H and O–H groups in total. The third kappa shape index (κ3) is 4.80. The highest BCUT2D eigenvalue weighted by molar-refractivity contribution is 5.85.